The van der Waals surface area contributed by atoms with Crippen molar-refractivity contribution < 1.29 is 19.5 Å². The molecule has 0 bridgehead atoms. The minimum absolute atomic E-state index is 0.0142. The highest BCUT2D eigenvalue weighted by Gasteiger charge is 2.36. The lowest BCUT2D eigenvalue weighted by atomic mass is 10.1. The molecule has 0 saturated carbocycles. The highest BCUT2D eigenvalue weighted by atomic mass is 16.3. The van der Waals surface area contributed by atoms with Crippen LogP contribution in [-0.2, 0) is 9.59 Å². The molecule has 0 aromatic heterocycles. The first-order valence-corrected chi connectivity index (χ1v) is 4.86. The number of Topliss-reactive ketones (excluding diaryl/α,β-unsaturated/α-hetero) is 1. The summed E-state index contributed by atoms with van der Waals surface area (Å²) in [6, 6.07) is -0.759. The van der Waals surface area contributed by atoms with E-state index in [2.05, 4.69) is 11.6 Å². The smallest absolute Gasteiger partial charge is 0.351 e. The van der Waals surface area contributed by atoms with Crippen LogP contribution in [0.3, 0.4) is 0 Å². The normalized spacial score (nSPS) is 16.8. The molecule has 0 unspecified atom stereocenters. The largest absolute Gasteiger partial charge is 0.512 e. The Hall–Kier alpha value is -2.24. The van der Waals surface area contributed by atoms with Gasteiger partial charge in [0.1, 0.15) is 11.5 Å². The number of hydrogen-bond acceptors (Lipinski definition) is 4. The molecule has 1 aliphatic heterocycles. The summed E-state index contributed by atoms with van der Waals surface area (Å²) in [7, 11) is 0. The Morgan fingerprint density at radius 1 is 1.47 bits per heavy atom. The number of imide groups is 1. The molecule has 1 rings (SSSR count). The Bertz CT molecular complexity index is 470. The summed E-state index contributed by atoms with van der Waals surface area (Å²) in [5.74, 6) is -1.56. The zero-order valence-electron chi connectivity index (χ0n) is 9.56. The van der Waals surface area contributed by atoms with Gasteiger partial charge in [-0.2, -0.15) is 4.99 Å². The Morgan fingerprint density at radius 3 is 2.47 bits per heavy atom. The van der Waals surface area contributed by atoms with Crippen molar-refractivity contribution in [1.29, 1.82) is 0 Å². The van der Waals surface area contributed by atoms with Gasteiger partial charge in [0.25, 0.3) is 5.91 Å². The zero-order valence-corrected chi connectivity index (χ0v) is 9.56. The molecule has 90 valence electrons. The average Bonchev–Trinajstić information content (AvgIpc) is 2.46. The van der Waals surface area contributed by atoms with E-state index in [1.165, 1.54) is 19.9 Å². The van der Waals surface area contributed by atoms with E-state index in [0.717, 1.165) is 4.90 Å². The molecule has 0 radical (unpaired) electrons. The van der Waals surface area contributed by atoms with Crippen LogP contribution in [0, 0.1) is 0 Å². The molecule has 3 amide bonds. The summed E-state index contributed by atoms with van der Waals surface area (Å²) in [6.07, 6.45) is 1.37. The van der Waals surface area contributed by atoms with E-state index < -0.39 is 17.7 Å². The SMILES string of the molecule is C=CCN1C(=O)N=C(/C(C(C)=O)=C(\C)O)C1=O. The van der Waals surface area contributed by atoms with E-state index in [4.69, 9.17) is 0 Å². The molecule has 6 nitrogen and oxygen atoms in total. The van der Waals surface area contributed by atoms with Gasteiger partial charge in [-0.05, 0) is 13.8 Å². The van der Waals surface area contributed by atoms with Crippen molar-refractivity contribution in [3.05, 3.63) is 24.0 Å². The molecule has 0 aliphatic carbocycles. The van der Waals surface area contributed by atoms with Gasteiger partial charge in [-0.1, -0.05) is 6.08 Å². The van der Waals surface area contributed by atoms with Crippen molar-refractivity contribution in [1.82, 2.24) is 4.90 Å². The van der Waals surface area contributed by atoms with Crippen LogP contribution in [-0.4, -0.2) is 40.0 Å². The number of rotatable bonds is 4. The summed E-state index contributed by atoms with van der Waals surface area (Å²) >= 11 is 0. The van der Waals surface area contributed by atoms with Crippen molar-refractivity contribution in [3.63, 3.8) is 0 Å². The first kappa shape index (κ1) is 12.8. The van der Waals surface area contributed by atoms with E-state index in [-0.39, 0.29) is 23.6 Å². The van der Waals surface area contributed by atoms with Crippen molar-refractivity contribution in [3.8, 4) is 0 Å². The number of aliphatic hydroxyl groups excluding tert-OH is 1. The predicted octanol–water partition coefficient (Wildman–Crippen LogP) is 0.997. The van der Waals surface area contributed by atoms with E-state index in [1.54, 1.807) is 0 Å². The minimum Gasteiger partial charge on any atom is -0.512 e. The maximum atomic E-state index is 11.8. The number of nitrogens with zero attached hydrogens (tertiary/aromatic N) is 2. The van der Waals surface area contributed by atoms with Gasteiger partial charge >= 0.3 is 6.03 Å². The number of carbonyl (C=O) groups is 3. The molecule has 17 heavy (non-hydrogen) atoms. The fourth-order valence-corrected chi connectivity index (χ4v) is 1.46. The van der Waals surface area contributed by atoms with E-state index in [9.17, 15) is 19.5 Å². The van der Waals surface area contributed by atoms with Crippen molar-refractivity contribution in [2.75, 3.05) is 6.54 Å². The van der Waals surface area contributed by atoms with Gasteiger partial charge in [0, 0.05) is 6.54 Å². The van der Waals surface area contributed by atoms with Crippen LogP contribution in [0.5, 0.6) is 0 Å². The minimum atomic E-state index is -0.759. The molecular formula is C11H12N2O4. The lowest BCUT2D eigenvalue weighted by molar-refractivity contribution is -0.120. The molecule has 0 aromatic rings. The van der Waals surface area contributed by atoms with Crippen LogP contribution < -0.4 is 0 Å². The van der Waals surface area contributed by atoms with Gasteiger partial charge in [0.05, 0.1) is 5.57 Å². The molecular weight excluding hydrogens is 224 g/mol. The van der Waals surface area contributed by atoms with Crippen LogP contribution in [0.2, 0.25) is 0 Å². The number of amides is 3. The number of urea groups is 1. The second kappa shape index (κ2) is 4.73. The molecule has 6 heteroatoms. The van der Waals surface area contributed by atoms with Crippen LogP contribution in [0.25, 0.3) is 0 Å². The summed E-state index contributed by atoms with van der Waals surface area (Å²) < 4.78 is 0. The zero-order chi connectivity index (χ0) is 13.2. The van der Waals surface area contributed by atoms with Crippen molar-refractivity contribution in [2.24, 2.45) is 4.99 Å². The molecule has 0 spiro atoms. The number of ketones is 1. The van der Waals surface area contributed by atoms with Gasteiger partial charge in [0.15, 0.2) is 5.78 Å². The number of aliphatic hydroxyl groups is 1. The number of aliphatic imine (C=N–C) groups is 1. The highest BCUT2D eigenvalue weighted by molar-refractivity contribution is 6.56. The van der Waals surface area contributed by atoms with Crippen LogP contribution >= 0.6 is 0 Å². The lowest BCUT2D eigenvalue weighted by Crippen LogP contribution is -2.34. The Labute approximate surface area is 97.9 Å². The van der Waals surface area contributed by atoms with Gasteiger partial charge in [0.2, 0.25) is 0 Å². The average molecular weight is 236 g/mol. The van der Waals surface area contributed by atoms with E-state index in [1.807, 2.05) is 0 Å². The van der Waals surface area contributed by atoms with Crippen LogP contribution in [0.1, 0.15) is 13.8 Å². The Morgan fingerprint density at radius 2 is 2.06 bits per heavy atom. The van der Waals surface area contributed by atoms with E-state index in [0.29, 0.717) is 0 Å². The first-order valence-electron chi connectivity index (χ1n) is 4.86. The Kier molecular flexibility index (Phi) is 3.57. The first-order chi connectivity index (χ1) is 7.90. The van der Waals surface area contributed by atoms with E-state index >= 15 is 0 Å². The van der Waals surface area contributed by atoms with Crippen molar-refractivity contribution in [2.45, 2.75) is 13.8 Å². The fraction of sp³-hybridized carbons (Fsp3) is 0.273. The molecule has 0 aromatic carbocycles. The lowest BCUT2D eigenvalue weighted by Gasteiger charge is -2.10. The highest BCUT2D eigenvalue weighted by Crippen LogP contribution is 2.15. The standard InChI is InChI=1S/C11H12N2O4/c1-4-5-13-10(16)9(12-11(13)17)8(6(2)14)7(3)15/h4,14H,1,5H2,2-3H3/b8-6+. The monoisotopic (exact) mass is 236 g/mol. The number of hydrogen-bond donors (Lipinski definition) is 1. The van der Waals surface area contributed by atoms with Gasteiger partial charge < -0.3 is 5.11 Å². The third-order valence-corrected chi connectivity index (χ3v) is 2.15. The van der Waals surface area contributed by atoms with Gasteiger partial charge in [-0.15, -0.1) is 6.58 Å². The molecule has 1 heterocycles. The number of allylic oxidation sites excluding steroid dienone is 1. The van der Waals surface area contributed by atoms with Crippen LogP contribution in [0.4, 0.5) is 4.79 Å². The molecule has 1 aliphatic rings. The maximum Gasteiger partial charge on any atom is 0.351 e. The molecule has 0 saturated heterocycles. The summed E-state index contributed by atoms with van der Waals surface area (Å²) in [4.78, 5) is 38.8. The molecule has 1 N–H and O–H groups in total. The quantitative estimate of drug-likeness (QED) is 0.448. The van der Waals surface area contributed by atoms with Crippen LogP contribution in [0.15, 0.2) is 29.0 Å². The maximum absolute atomic E-state index is 11.8. The second-order valence-corrected chi connectivity index (χ2v) is 3.46. The summed E-state index contributed by atoms with van der Waals surface area (Å²) in [5.41, 5.74) is -0.542. The second-order valence-electron chi connectivity index (χ2n) is 3.46. The predicted molar refractivity (Wildman–Crippen MR) is 60.8 cm³/mol. The Balaban J connectivity index is 3.18. The topological polar surface area (TPSA) is 87.0 Å². The summed E-state index contributed by atoms with van der Waals surface area (Å²) in [5, 5.41) is 9.34. The third kappa shape index (κ3) is 2.30. The third-order valence-electron chi connectivity index (χ3n) is 2.15. The number of carbonyl (C=O) groups excluding carboxylic acids is 3. The molecule has 0 atom stereocenters. The summed E-state index contributed by atoms with van der Waals surface area (Å²) in [6.45, 7) is 5.87. The van der Waals surface area contributed by atoms with Gasteiger partial charge in [-0.25, -0.2) is 4.79 Å². The van der Waals surface area contributed by atoms with Crippen molar-refractivity contribution >= 4 is 23.4 Å². The van der Waals surface area contributed by atoms with Gasteiger partial charge in [-0.3, -0.25) is 14.5 Å². The molecule has 0 fully saturated rings. The fourth-order valence-electron chi connectivity index (χ4n) is 1.46.